The number of benzene rings is 3. The van der Waals surface area contributed by atoms with Crippen LogP contribution in [-0.2, 0) is 111 Å². The van der Waals surface area contributed by atoms with Gasteiger partial charge in [-0.15, -0.1) is 0 Å². The third-order valence-corrected chi connectivity index (χ3v) is 25.6. The molecule has 35 nitrogen and oxygen atoms in total. The number of nitrogens with one attached hydrogen (secondary N) is 3. The van der Waals surface area contributed by atoms with Gasteiger partial charge >= 0.3 is 24.4 Å². The molecule has 0 spiro atoms. The predicted molar refractivity (Wildman–Crippen MR) is 456 cm³/mol. The summed E-state index contributed by atoms with van der Waals surface area (Å²) in [5.74, 6) is -5.56. The van der Waals surface area contributed by atoms with Gasteiger partial charge in [0.1, 0.15) is 36.8 Å². The fraction of sp³-hybridized carbons (Fsp3) is 0.575. The van der Waals surface area contributed by atoms with Crippen molar-refractivity contribution in [2.45, 2.75) is 212 Å². The molecule has 11 atom stereocenters. The molecule has 5 amide bonds. The number of thiazole rings is 1. The fourth-order valence-corrected chi connectivity index (χ4v) is 20.4. The summed E-state index contributed by atoms with van der Waals surface area (Å²) in [5.41, 5.74) is 5.36. The van der Waals surface area contributed by atoms with E-state index in [1.54, 1.807) is 69.1 Å². The molecule has 2 unspecified atom stereocenters. The van der Waals surface area contributed by atoms with Crippen LogP contribution in [0.5, 0.6) is 0 Å². The number of aliphatic hydroxyl groups is 5. The number of likely N-dealkylation sites (tertiary alicyclic amines) is 1. The minimum Gasteiger partial charge on any atom is -0.476 e. The van der Waals surface area contributed by atoms with Crippen LogP contribution in [0.25, 0.3) is 21.3 Å². The number of carbonyl (C=O) groups excluding carboxylic acids is 11. The second-order valence-corrected chi connectivity index (χ2v) is 37.8. The number of ketones is 2. The lowest BCUT2D eigenvalue weighted by molar-refractivity contribution is -0.248. The van der Waals surface area contributed by atoms with E-state index in [0.29, 0.717) is 76.8 Å². The molecule has 4 bridgehead atoms. The van der Waals surface area contributed by atoms with Gasteiger partial charge in [-0.2, -0.15) is 44.5 Å². The van der Waals surface area contributed by atoms with Gasteiger partial charge in [0, 0.05) is 80.3 Å². The Bertz CT molecular complexity index is 4950. The van der Waals surface area contributed by atoms with Crippen LogP contribution >= 0.6 is 23.1 Å². The molecule has 10 N–H and O–H groups in total. The third-order valence-electron chi connectivity index (χ3n) is 24.0. The number of aromatic carboxylic acids is 1. The Labute approximate surface area is 733 Å². The lowest BCUT2D eigenvalue weighted by atomic mass is 9.39. The first-order chi connectivity index (χ1) is 59.3. The maximum Gasteiger partial charge on any atom is 0.410 e. The highest BCUT2D eigenvalue weighted by Crippen LogP contribution is 2.72. The number of rotatable bonds is 37. The first-order valence-electron chi connectivity index (χ1n) is 41.6. The van der Waals surface area contributed by atoms with Gasteiger partial charge in [0.25, 0.3) is 16.0 Å². The summed E-state index contributed by atoms with van der Waals surface area (Å²) in [6, 6.07) is 19.3. The largest absolute Gasteiger partial charge is 0.476 e. The van der Waals surface area contributed by atoms with Gasteiger partial charge in [0.05, 0.1) is 91.6 Å². The number of nitrogens with zero attached hydrogens (tertiary/aromatic N) is 7. The highest BCUT2D eigenvalue weighted by molar-refractivity contribution is 7.97. The van der Waals surface area contributed by atoms with Crippen molar-refractivity contribution in [3.8, 4) is 11.1 Å². The number of aromatic nitrogens is 4. The van der Waals surface area contributed by atoms with Crippen molar-refractivity contribution in [3.63, 3.8) is 0 Å². The summed E-state index contributed by atoms with van der Waals surface area (Å²) >= 11 is 3.15. The van der Waals surface area contributed by atoms with E-state index in [1.807, 2.05) is 71.5 Å². The average Bonchev–Trinajstić information content (AvgIpc) is 1.03. The van der Waals surface area contributed by atoms with Crippen LogP contribution in [0.3, 0.4) is 0 Å². The first-order valence-corrected chi connectivity index (χ1v) is 45.6. The Morgan fingerprint density at radius 3 is 2.23 bits per heavy atom. The van der Waals surface area contributed by atoms with Crippen LogP contribution in [0.1, 0.15) is 167 Å². The summed E-state index contributed by atoms with van der Waals surface area (Å²) in [6.07, 6.45) is 4.84. The van der Waals surface area contributed by atoms with Crippen LogP contribution in [0.4, 0.5) is 15.7 Å². The number of para-hydroxylation sites is 1. The number of anilines is 2. The number of hydrogen-bond donors (Lipinski definition) is 10. The van der Waals surface area contributed by atoms with Crippen LogP contribution in [-0.4, -0.2) is 264 Å². The second kappa shape index (κ2) is 44.2. The molecular weight excluding hydrogens is 1680 g/mol. The molecule has 6 fully saturated rings. The number of aryl methyl sites for hydroxylation is 1. The van der Waals surface area contributed by atoms with E-state index in [2.05, 4.69) is 34.8 Å². The van der Waals surface area contributed by atoms with Crippen molar-refractivity contribution in [3.05, 3.63) is 124 Å². The van der Waals surface area contributed by atoms with Crippen molar-refractivity contribution in [1.82, 2.24) is 40.2 Å². The number of Topliss-reactive ketones (excluding diaryl/α,β-unsaturated/α-hetero) is 2. The van der Waals surface area contributed by atoms with E-state index in [1.165, 1.54) is 28.1 Å². The Morgan fingerprint density at radius 1 is 0.864 bits per heavy atom. The molecule has 6 heterocycles. The SMILES string of the molecule is CCC(=O)N[C@H]1C[C@@H](COCCS(=O)(=O)O)N(CC(=O)C[C@H](C(=O)N[C@@H](C)C(=O)Cc2ccc(COC(=O)N(CCOC34CC5(C)CC(C)(CC(Cn6ncc(-c7ccc(N8CCc9cccc(C(=O)Nc%10nc%11ccccc%11s%10)c9C8)nc7C(=O)O)c6C)(C5)C3)C4)CC[C@H](O)CO)c(CC[C@@H]3OC[C@@H](O)[C@H](O)[C@H]3O)c2)C(C)C)C1=O.CSC.O=C=O.O=C=O. The Kier molecular flexibility index (Phi) is 35.1. The minimum atomic E-state index is -4.35. The van der Waals surface area contributed by atoms with Gasteiger partial charge in [-0.3, -0.25) is 43.3 Å². The second-order valence-electron chi connectivity index (χ2n) is 34.4. The van der Waals surface area contributed by atoms with Crippen LogP contribution in [0.15, 0.2) is 79.0 Å². The fourth-order valence-electron chi connectivity index (χ4n) is 19.2. The van der Waals surface area contributed by atoms with E-state index < -0.39 is 143 Å². The molecule has 3 aromatic heterocycles. The predicted octanol–water partition coefficient (Wildman–Crippen LogP) is 6.37. The van der Waals surface area contributed by atoms with Gasteiger partial charge in [-0.05, 0) is 177 Å². The topological polar surface area (TPSA) is 507 Å². The van der Waals surface area contributed by atoms with Gasteiger partial charge in [0.15, 0.2) is 22.4 Å². The highest BCUT2D eigenvalue weighted by atomic mass is 32.2. The minimum absolute atomic E-state index is 0.00894. The van der Waals surface area contributed by atoms with Crippen molar-refractivity contribution < 1.29 is 120 Å². The number of carbonyl (C=O) groups is 8. The van der Waals surface area contributed by atoms with E-state index in [9.17, 15) is 82.0 Å². The van der Waals surface area contributed by atoms with E-state index in [0.717, 1.165) is 59.1 Å². The van der Waals surface area contributed by atoms with Gasteiger partial charge < -0.3 is 74.9 Å². The quantitative estimate of drug-likeness (QED) is 0.0150. The molecule has 6 aromatic rings. The number of carboxylic acid groups (broad SMARTS) is 1. The third kappa shape index (κ3) is 26.1. The number of pyridine rings is 1. The van der Waals surface area contributed by atoms with Gasteiger partial charge in [-0.25, -0.2) is 19.6 Å². The van der Waals surface area contributed by atoms with Crippen molar-refractivity contribution in [1.29, 1.82) is 0 Å². The molecule has 13 rings (SSSR count). The van der Waals surface area contributed by atoms with Gasteiger partial charge in [-0.1, -0.05) is 88.4 Å². The molecule has 7 aliphatic rings. The summed E-state index contributed by atoms with van der Waals surface area (Å²) in [6.45, 7) is 12.6. The monoisotopic (exact) mass is 1790 g/mol. The Hall–Kier alpha value is -9.63. The maximum atomic E-state index is 14.5. The zero-order valence-corrected chi connectivity index (χ0v) is 74.2. The average molecular weight is 1800 g/mol. The molecule has 4 aliphatic carbocycles. The molecule has 38 heteroatoms. The van der Waals surface area contributed by atoms with E-state index >= 15 is 0 Å². The van der Waals surface area contributed by atoms with E-state index in [-0.39, 0.29) is 125 Å². The number of aliphatic hydroxyl groups excluding tert-OH is 5. The molecule has 3 aromatic carbocycles. The van der Waals surface area contributed by atoms with Crippen LogP contribution in [0.2, 0.25) is 0 Å². The van der Waals surface area contributed by atoms with Crippen LogP contribution in [0, 0.1) is 35.0 Å². The molecule has 3 aliphatic heterocycles. The van der Waals surface area contributed by atoms with Gasteiger partial charge in [0.2, 0.25) is 17.7 Å². The number of thioether (sulfide) groups is 1. The first kappa shape index (κ1) is 99.2. The summed E-state index contributed by atoms with van der Waals surface area (Å²) in [4.78, 5) is 156. The Morgan fingerprint density at radius 2 is 1.57 bits per heavy atom. The number of amides is 5. The number of hydrogen-bond acceptors (Lipinski definition) is 29. The standard InChI is InChI=1S/C83H108N10O21S2.C2H6S.2CO2/c1-8-70(99)86-64-32-55(39-111-28-29-116(108,109)110)92(76(64)104)35-57(96)33-60(48(2)3)75(103)85-49(4)65(97)31-51-16-17-54(53(30-51)18-20-67-73(101)72(100)66(98)40-112-67)38-113-79(107)90(25-23-56(95)37-94)26-27-114-83-44-80(6)41-81(7,45-83)43-82(42-80,46-83)47-93-50(5)61(34-84-93)58-19-21-69(88-71(58)77(105)106)91-24-22-52-12-11-13-59(62(52)36-91)74(102)89-78-87-63-14-9-10-15-68(63)115-78;1-3-2;2*2-1-3/h9-17,19,21,30,34,48-49,55-56,60,64,66-67,72-73,94-95,98,100-101H,8,18,20,22-29,31-33,35-47H2,1-7H3,(H,85,103)(H,86,99)(H,105,106)(H,87,89,102)(H,108,109,110);1-2H3;;/t49-,55-,56-,60-,64-,66+,67-,72-,73-,80?,81?,82?,83?;;;/m0.../s1. The molecule has 0 radical (unpaired) electrons. The molecule has 4 saturated carbocycles. The highest BCUT2D eigenvalue weighted by Gasteiger charge is 2.66. The number of ether oxygens (including phenoxy) is 4. The molecule has 125 heavy (non-hydrogen) atoms. The summed E-state index contributed by atoms with van der Waals surface area (Å²) in [7, 11) is -4.35. The maximum absolute atomic E-state index is 14.5. The lowest BCUT2D eigenvalue weighted by Crippen LogP contribution is -2.64. The smallest absolute Gasteiger partial charge is 0.410 e. The van der Waals surface area contributed by atoms with Crippen molar-refractivity contribution >= 4 is 114 Å². The summed E-state index contributed by atoms with van der Waals surface area (Å²) in [5, 5.41) is 77.0. The van der Waals surface area contributed by atoms with E-state index in [4.69, 9.17) is 48.2 Å². The number of fused-ring (bicyclic) bond motifs is 2. The lowest BCUT2D eigenvalue weighted by Gasteiger charge is -2.69. The normalized spacial score (nSPS) is 23.5. The van der Waals surface area contributed by atoms with Crippen molar-refractivity contribution in [2.24, 2.45) is 28.1 Å². The summed E-state index contributed by atoms with van der Waals surface area (Å²) < 4.78 is 59.2. The molecule has 680 valence electrons. The van der Waals surface area contributed by atoms with Crippen LogP contribution < -0.4 is 20.9 Å². The Balaban J connectivity index is 0.00000188. The molecular formula is C87H114N10O25S3. The molecule has 2 saturated heterocycles. The zero-order chi connectivity index (χ0) is 91.5. The number of carboxylic acids is 1. The van der Waals surface area contributed by atoms with Crippen molar-refractivity contribution in [2.75, 3.05) is 87.7 Å². The zero-order valence-electron chi connectivity index (χ0n) is 71.7.